The van der Waals surface area contributed by atoms with Gasteiger partial charge in [0, 0.05) is 4.47 Å². The third-order valence-electron chi connectivity index (χ3n) is 4.12. The quantitative estimate of drug-likeness (QED) is 0.374. The fourth-order valence-corrected chi connectivity index (χ4v) is 3.06. The first kappa shape index (κ1) is 20.2. The standard InChI is InChI=1S/C23H18BrF3O/c24-19-14-12-18(13-15-19)22(23(25,26)27)11-5-7-17-6-4-10-21(16-17)28-20-8-2-1-3-9-20/h1-4,6,8-16H,5,7H2. The van der Waals surface area contributed by atoms with Crippen LogP contribution in [0.1, 0.15) is 17.5 Å². The van der Waals surface area contributed by atoms with Crippen LogP contribution >= 0.6 is 15.9 Å². The highest BCUT2D eigenvalue weighted by molar-refractivity contribution is 9.10. The van der Waals surface area contributed by atoms with E-state index in [9.17, 15) is 13.2 Å². The molecule has 0 aromatic heterocycles. The molecule has 3 aromatic rings. The average Bonchev–Trinajstić information content (AvgIpc) is 2.66. The van der Waals surface area contributed by atoms with Crippen molar-refractivity contribution in [2.75, 3.05) is 0 Å². The predicted octanol–water partition coefficient (Wildman–Crippen LogP) is 7.82. The van der Waals surface area contributed by atoms with E-state index >= 15 is 0 Å². The Labute approximate surface area is 170 Å². The molecular formula is C23H18BrF3O. The van der Waals surface area contributed by atoms with Gasteiger partial charge in [-0.1, -0.05) is 64.5 Å². The van der Waals surface area contributed by atoms with E-state index in [1.165, 1.54) is 18.2 Å². The lowest BCUT2D eigenvalue weighted by Gasteiger charge is -2.12. The number of hydrogen-bond acceptors (Lipinski definition) is 1. The largest absolute Gasteiger partial charge is 0.457 e. The van der Waals surface area contributed by atoms with E-state index in [-0.39, 0.29) is 12.0 Å². The van der Waals surface area contributed by atoms with Gasteiger partial charge in [-0.25, -0.2) is 0 Å². The van der Waals surface area contributed by atoms with Gasteiger partial charge in [0.2, 0.25) is 0 Å². The van der Waals surface area contributed by atoms with Gasteiger partial charge >= 0.3 is 6.18 Å². The van der Waals surface area contributed by atoms with E-state index in [0.717, 1.165) is 10.0 Å². The molecule has 0 spiro atoms. The second kappa shape index (κ2) is 9.11. The lowest BCUT2D eigenvalue weighted by molar-refractivity contribution is -0.0690. The van der Waals surface area contributed by atoms with Crippen LogP contribution in [-0.2, 0) is 6.42 Å². The van der Waals surface area contributed by atoms with Gasteiger partial charge in [0.15, 0.2) is 0 Å². The number of ether oxygens (including phenoxy) is 1. The zero-order valence-corrected chi connectivity index (χ0v) is 16.5. The molecule has 0 saturated heterocycles. The van der Waals surface area contributed by atoms with Crippen LogP contribution in [0.25, 0.3) is 5.57 Å². The summed E-state index contributed by atoms with van der Waals surface area (Å²) < 4.78 is 46.8. The van der Waals surface area contributed by atoms with E-state index < -0.39 is 11.7 Å². The van der Waals surface area contributed by atoms with Crippen LogP contribution in [0.4, 0.5) is 13.2 Å². The van der Waals surface area contributed by atoms with Crippen molar-refractivity contribution in [2.24, 2.45) is 0 Å². The van der Waals surface area contributed by atoms with Gasteiger partial charge in [0.05, 0.1) is 5.57 Å². The van der Waals surface area contributed by atoms with Crippen molar-refractivity contribution >= 4 is 21.5 Å². The Morgan fingerprint density at radius 3 is 2.21 bits per heavy atom. The molecule has 0 unspecified atom stereocenters. The van der Waals surface area contributed by atoms with Gasteiger partial charge in [-0.2, -0.15) is 13.2 Å². The van der Waals surface area contributed by atoms with Crippen molar-refractivity contribution in [1.29, 1.82) is 0 Å². The molecule has 0 saturated carbocycles. The molecule has 1 nitrogen and oxygen atoms in total. The summed E-state index contributed by atoms with van der Waals surface area (Å²) in [6.07, 6.45) is -2.37. The molecule has 3 aromatic carbocycles. The Kier molecular flexibility index (Phi) is 6.57. The average molecular weight is 447 g/mol. The molecule has 5 heteroatoms. The van der Waals surface area contributed by atoms with Crippen LogP contribution in [0.15, 0.2) is 89.4 Å². The summed E-state index contributed by atoms with van der Waals surface area (Å²) in [5.74, 6) is 1.38. The number of benzene rings is 3. The summed E-state index contributed by atoms with van der Waals surface area (Å²) >= 11 is 3.25. The normalized spacial score (nSPS) is 12.1. The smallest absolute Gasteiger partial charge is 0.416 e. The summed E-state index contributed by atoms with van der Waals surface area (Å²) in [7, 11) is 0. The summed E-state index contributed by atoms with van der Waals surface area (Å²) in [6, 6.07) is 22.9. The molecule has 3 rings (SSSR count). The van der Waals surface area contributed by atoms with Crippen molar-refractivity contribution in [1.82, 2.24) is 0 Å². The first-order valence-corrected chi connectivity index (χ1v) is 9.56. The number of halogens is 4. The Hall–Kier alpha value is -2.53. The Morgan fingerprint density at radius 2 is 1.54 bits per heavy atom. The monoisotopic (exact) mass is 446 g/mol. The van der Waals surface area contributed by atoms with Gasteiger partial charge in [-0.3, -0.25) is 0 Å². The highest BCUT2D eigenvalue weighted by atomic mass is 79.9. The van der Waals surface area contributed by atoms with Crippen LogP contribution in [0, 0.1) is 0 Å². The molecule has 0 radical (unpaired) electrons. The van der Waals surface area contributed by atoms with Crippen LogP contribution in [0.5, 0.6) is 11.5 Å². The predicted molar refractivity (Wildman–Crippen MR) is 109 cm³/mol. The summed E-state index contributed by atoms with van der Waals surface area (Å²) in [6.45, 7) is 0. The van der Waals surface area contributed by atoms with Crippen molar-refractivity contribution in [3.8, 4) is 11.5 Å². The maximum atomic E-state index is 13.4. The number of para-hydroxylation sites is 1. The second-order valence-electron chi connectivity index (χ2n) is 6.22. The van der Waals surface area contributed by atoms with Crippen molar-refractivity contribution in [3.05, 3.63) is 101 Å². The minimum absolute atomic E-state index is 0.164. The van der Waals surface area contributed by atoms with Gasteiger partial charge < -0.3 is 4.74 Å². The Bertz CT molecular complexity index is 932. The molecule has 28 heavy (non-hydrogen) atoms. The lowest BCUT2D eigenvalue weighted by atomic mass is 10.0. The molecule has 144 valence electrons. The SMILES string of the molecule is FC(F)(F)C(=CCCc1cccc(Oc2ccccc2)c1)c1ccc(Br)cc1. The lowest BCUT2D eigenvalue weighted by Crippen LogP contribution is -2.10. The summed E-state index contributed by atoms with van der Waals surface area (Å²) in [5, 5.41) is 0. The topological polar surface area (TPSA) is 9.23 Å². The fraction of sp³-hybridized carbons (Fsp3) is 0.130. The highest BCUT2D eigenvalue weighted by Gasteiger charge is 2.34. The third-order valence-corrected chi connectivity index (χ3v) is 4.65. The maximum Gasteiger partial charge on any atom is 0.416 e. The molecule has 0 aliphatic heterocycles. The third kappa shape index (κ3) is 5.73. The zero-order chi connectivity index (χ0) is 20.0. The van der Waals surface area contributed by atoms with Gasteiger partial charge in [-0.15, -0.1) is 0 Å². The molecular weight excluding hydrogens is 429 g/mol. The maximum absolute atomic E-state index is 13.4. The summed E-state index contributed by atoms with van der Waals surface area (Å²) in [4.78, 5) is 0. The van der Waals surface area contributed by atoms with Gasteiger partial charge in [0.1, 0.15) is 11.5 Å². The number of hydrogen-bond donors (Lipinski definition) is 0. The van der Waals surface area contributed by atoms with E-state index in [2.05, 4.69) is 15.9 Å². The Morgan fingerprint density at radius 1 is 0.857 bits per heavy atom. The first-order chi connectivity index (χ1) is 13.4. The van der Waals surface area contributed by atoms with E-state index in [1.807, 2.05) is 54.6 Å². The molecule has 0 aliphatic carbocycles. The van der Waals surface area contributed by atoms with Crippen LogP contribution in [-0.4, -0.2) is 6.18 Å². The molecule has 0 bridgehead atoms. The van der Waals surface area contributed by atoms with E-state index in [1.54, 1.807) is 12.1 Å². The van der Waals surface area contributed by atoms with Crippen molar-refractivity contribution in [3.63, 3.8) is 0 Å². The number of aryl methyl sites for hydroxylation is 1. The van der Waals surface area contributed by atoms with E-state index in [0.29, 0.717) is 17.9 Å². The fourth-order valence-electron chi connectivity index (χ4n) is 2.80. The summed E-state index contributed by atoms with van der Waals surface area (Å²) in [5.41, 5.74) is 0.468. The molecule has 0 aliphatic rings. The van der Waals surface area contributed by atoms with Crippen LogP contribution in [0.2, 0.25) is 0 Å². The molecule has 0 heterocycles. The zero-order valence-electron chi connectivity index (χ0n) is 14.9. The van der Waals surface area contributed by atoms with Crippen molar-refractivity contribution < 1.29 is 17.9 Å². The van der Waals surface area contributed by atoms with E-state index in [4.69, 9.17) is 4.74 Å². The van der Waals surface area contributed by atoms with Gasteiger partial charge in [-0.05, 0) is 60.4 Å². The van der Waals surface area contributed by atoms with Crippen LogP contribution in [0.3, 0.4) is 0 Å². The highest BCUT2D eigenvalue weighted by Crippen LogP contribution is 2.35. The number of alkyl halides is 3. The minimum Gasteiger partial charge on any atom is -0.457 e. The first-order valence-electron chi connectivity index (χ1n) is 8.77. The van der Waals surface area contributed by atoms with Crippen LogP contribution < -0.4 is 4.74 Å². The molecule has 0 fully saturated rings. The second-order valence-corrected chi connectivity index (χ2v) is 7.14. The Balaban J connectivity index is 1.71. The van der Waals surface area contributed by atoms with Gasteiger partial charge in [0.25, 0.3) is 0 Å². The molecule has 0 N–H and O–H groups in total. The molecule has 0 atom stereocenters. The molecule has 0 amide bonds. The van der Waals surface area contributed by atoms with Crippen molar-refractivity contribution in [2.45, 2.75) is 19.0 Å². The number of rotatable bonds is 6. The minimum atomic E-state index is -4.40. The number of allylic oxidation sites excluding steroid dienone is 2.